The minimum absolute atomic E-state index is 0.430. The molecule has 1 heterocycles. The lowest BCUT2D eigenvalue weighted by Crippen LogP contribution is -2.21. The van der Waals surface area contributed by atoms with Crippen LogP contribution in [0.25, 0.3) is 11.0 Å². The lowest BCUT2D eigenvalue weighted by molar-refractivity contribution is -0.137. The van der Waals surface area contributed by atoms with Crippen molar-refractivity contribution >= 4 is 11.0 Å². The van der Waals surface area contributed by atoms with Gasteiger partial charge >= 0.3 is 6.18 Å². The molecule has 0 aliphatic carbocycles. The van der Waals surface area contributed by atoms with E-state index in [1.165, 1.54) is 0 Å². The van der Waals surface area contributed by atoms with Gasteiger partial charge in [0.2, 0.25) is 0 Å². The van der Waals surface area contributed by atoms with Gasteiger partial charge in [0, 0.05) is 6.54 Å². The van der Waals surface area contributed by atoms with Gasteiger partial charge in [0.25, 0.3) is 0 Å². The number of alkyl halides is 3. The van der Waals surface area contributed by atoms with Crippen molar-refractivity contribution in [2.24, 2.45) is 0 Å². The first kappa shape index (κ1) is 18.8. The lowest BCUT2D eigenvalue weighted by Gasteiger charge is -2.17. The highest BCUT2D eigenvalue weighted by Gasteiger charge is 2.31. The summed E-state index contributed by atoms with van der Waals surface area (Å²) in [5.41, 5.74) is 0.580. The normalized spacial score (nSPS) is 12.5. The summed E-state index contributed by atoms with van der Waals surface area (Å²) in [5.74, 6) is 0.844. The molecule has 0 atom stereocenters. The summed E-state index contributed by atoms with van der Waals surface area (Å²) in [6, 6.07) is 3.86. The number of fused-ring (bicyclic) bond motifs is 1. The fourth-order valence-corrected chi connectivity index (χ4v) is 2.79. The molecule has 0 saturated carbocycles. The van der Waals surface area contributed by atoms with Gasteiger partial charge in [-0.05, 0) is 44.6 Å². The zero-order valence-electron chi connectivity index (χ0n) is 14.7. The number of halogens is 3. The van der Waals surface area contributed by atoms with Gasteiger partial charge in [0.05, 0.1) is 23.1 Å². The molecule has 0 unspecified atom stereocenters. The van der Waals surface area contributed by atoms with Gasteiger partial charge in [-0.1, -0.05) is 26.7 Å². The number of aromatic nitrogens is 2. The van der Waals surface area contributed by atoms with E-state index in [9.17, 15) is 13.2 Å². The molecule has 0 aliphatic heterocycles. The van der Waals surface area contributed by atoms with Crippen LogP contribution in [0.4, 0.5) is 13.2 Å². The van der Waals surface area contributed by atoms with E-state index in [4.69, 9.17) is 0 Å². The van der Waals surface area contributed by atoms with E-state index in [-0.39, 0.29) is 0 Å². The highest BCUT2D eigenvalue weighted by atomic mass is 19.4. The molecular weight excluding hydrogens is 315 g/mol. The third kappa shape index (κ3) is 4.50. The summed E-state index contributed by atoms with van der Waals surface area (Å²) >= 11 is 0. The third-order valence-corrected chi connectivity index (χ3v) is 4.19. The van der Waals surface area contributed by atoms with Crippen molar-refractivity contribution in [3.63, 3.8) is 0 Å². The molecule has 0 amide bonds. The van der Waals surface area contributed by atoms with E-state index in [1.807, 2.05) is 7.05 Å². The summed E-state index contributed by atoms with van der Waals surface area (Å²) in [7, 11) is 2.03. The van der Waals surface area contributed by atoms with Gasteiger partial charge in [-0.15, -0.1) is 0 Å². The number of imidazole rings is 1. The molecule has 6 heteroatoms. The Morgan fingerprint density at radius 2 is 1.83 bits per heavy atom. The van der Waals surface area contributed by atoms with E-state index in [0.29, 0.717) is 12.1 Å². The van der Waals surface area contributed by atoms with Crippen LogP contribution in [0.3, 0.4) is 0 Å². The van der Waals surface area contributed by atoms with Crippen LogP contribution in [0.15, 0.2) is 18.2 Å². The second kappa shape index (κ2) is 8.01. The third-order valence-electron chi connectivity index (χ3n) is 4.19. The smallest absolute Gasteiger partial charge is 0.327 e. The Labute approximate surface area is 141 Å². The summed E-state index contributed by atoms with van der Waals surface area (Å²) in [6.07, 6.45) is -0.0987. The molecule has 2 aromatic rings. The van der Waals surface area contributed by atoms with Gasteiger partial charge in [-0.2, -0.15) is 13.2 Å². The predicted octanol–water partition coefficient (Wildman–Crippen LogP) is 5.09. The zero-order valence-corrected chi connectivity index (χ0v) is 14.7. The summed E-state index contributed by atoms with van der Waals surface area (Å²) in [5, 5.41) is 0. The van der Waals surface area contributed by atoms with E-state index in [1.54, 1.807) is 6.07 Å². The highest BCUT2D eigenvalue weighted by Crippen LogP contribution is 2.31. The maximum atomic E-state index is 12.9. The quantitative estimate of drug-likeness (QED) is 0.667. The van der Waals surface area contributed by atoms with Crippen LogP contribution in [0, 0.1) is 0 Å². The van der Waals surface area contributed by atoms with Crippen molar-refractivity contribution in [1.82, 2.24) is 14.5 Å². The largest absolute Gasteiger partial charge is 0.416 e. The molecule has 134 valence electrons. The first-order valence-corrected chi connectivity index (χ1v) is 8.61. The number of unbranched alkanes of at least 4 members (excludes halogenated alkanes) is 2. The molecule has 0 aliphatic rings. The fraction of sp³-hybridized carbons (Fsp3) is 0.611. The van der Waals surface area contributed by atoms with Gasteiger partial charge in [0.1, 0.15) is 5.82 Å². The van der Waals surface area contributed by atoms with Gasteiger partial charge in [-0.25, -0.2) is 4.98 Å². The lowest BCUT2D eigenvalue weighted by atomic mass is 10.2. The molecule has 24 heavy (non-hydrogen) atoms. The Morgan fingerprint density at radius 1 is 1.12 bits per heavy atom. The van der Waals surface area contributed by atoms with Crippen LogP contribution in [0.2, 0.25) is 0 Å². The van der Waals surface area contributed by atoms with E-state index in [0.717, 1.165) is 62.2 Å². The molecule has 0 saturated heterocycles. The van der Waals surface area contributed by atoms with E-state index in [2.05, 4.69) is 28.3 Å². The van der Waals surface area contributed by atoms with Crippen LogP contribution >= 0.6 is 0 Å². The Morgan fingerprint density at radius 3 is 2.46 bits per heavy atom. The van der Waals surface area contributed by atoms with E-state index >= 15 is 0 Å². The van der Waals surface area contributed by atoms with Crippen molar-refractivity contribution in [2.75, 3.05) is 13.6 Å². The second-order valence-corrected chi connectivity index (χ2v) is 6.33. The van der Waals surface area contributed by atoms with Crippen LogP contribution < -0.4 is 0 Å². The summed E-state index contributed by atoms with van der Waals surface area (Å²) in [4.78, 5) is 6.69. The molecule has 0 radical (unpaired) electrons. The highest BCUT2D eigenvalue weighted by molar-refractivity contribution is 5.77. The first-order valence-electron chi connectivity index (χ1n) is 8.61. The van der Waals surface area contributed by atoms with Crippen LogP contribution in [-0.4, -0.2) is 28.0 Å². The Bertz CT molecular complexity index is 661. The predicted molar refractivity (Wildman–Crippen MR) is 90.9 cm³/mol. The van der Waals surface area contributed by atoms with Crippen LogP contribution in [0.5, 0.6) is 0 Å². The molecule has 1 aromatic heterocycles. The maximum absolute atomic E-state index is 12.9. The Balaban J connectivity index is 2.36. The number of rotatable bonds is 8. The second-order valence-electron chi connectivity index (χ2n) is 6.33. The molecule has 2 rings (SSSR count). The Hall–Kier alpha value is -1.56. The Kier molecular flexibility index (Phi) is 6.27. The zero-order chi connectivity index (χ0) is 17.7. The molecule has 0 fully saturated rings. The standard InChI is InChI=1S/C18H26F3N3/c1-4-6-10-23(3)13-17-22-15-12-14(18(19,20)21)8-9-16(15)24(17)11-7-5-2/h8-9,12H,4-7,10-11,13H2,1-3H3. The van der Waals surface area contributed by atoms with Crippen LogP contribution in [-0.2, 0) is 19.3 Å². The van der Waals surface area contributed by atoms with Gasteiger partial charge < -0.3 is 4.57 Å². The molecule has 1 aromatic carbocycles. The van der Waals surface area contributed by atoms with Crippen molar-refractivity contribution < 1.29 is 13.2 Å². The summed E-state index contributed by atoms with van der Waals surface area (Å²) in [6.45, 7) is 6.65. The van der Waals surface area contributed by atoms with Gasteiger partial charge in [-0.3, -0.25) is 4.90 Å². The summed E-state index contributed by atoms with van der Waals surface area (Å²) < 4.78 is 40.9. The van der Waals surface area contributed by atoms with Gasteiger partial charge in [0.15, 0.2) is 0 Å². The fourth-order valence-electron chi connectivity index (χ4n) is 2.79. The monoisotopic (exact) mass is 341 g/mol. The maximum Gasteiger partial charge on any atom is 0.416 e. The molecule has 0 N–H and O–H groups in total. The topological polar surface area (TPSA) is 21.1 Å². The minimum atomic E-state index is -4.33. The molecular formula is C18H26F3N3. The van der Waals surface area contributed by atoms with Crippen molar-refractivity contribution in [1.29, 1.82) is 0 Å². The number of hydrogen-bond donors (Lipinski definition) is 0. The molecule has 0 spiro atoms. The minimum Gasteiger partial charge on any atom is -0.327 e. The van der Waals surface area contributed by atoms with E-state index < -0.39 is 11.7 Å². The average molecular weight is 341 g/mol. The van der Waals surface area contributed by atoms with Crippen molar-refractivity contribution in [3.8, 4) is 0 Å². The first-order chi connectivity index (χ1) is 11.4. The average Bonchev–Trinajstić information content (AvgIpc) is 2.86. The number of benzene rings is 1. The number of hydrogen-bond acceptors (Lipinski definition) is 2. The van der Waals surface area contributed by atoms with Crippen LogP contribution in [0.1, 0.15) is 50.9 Å². The molecule has 3 nitrogen and oxygen atoms in total. The van der Waals surface area contributed by atoms with Crippen molar-refractivity contribution in [3.05, 3.63) is 29.6 Å². The van der Waals surface area contributed by atoms with Crippen molar-refractivity contribution in [2.45, 2.75) is 58.8 Å². The SMILES string of the molecule is CCCCN(C)Cc1nc2cc(C(F)(F)F)ccc2n1CCCC. The number of nitrogens with zero attached hydrogens (tertiary/aromatic N) is 3. The molecule has 0 bridgehead atoms. The number of aryl methyl sites for hydroxylation is 1.